The van der Waals surface area contributed by atoms with E-state index in [-0.39, 0.29) is 0 Å². The van der Waals surface area contributed by atoms with Gasteiger partial charge in [0.25, 0.3) is 0 Å². The highest BCUT2D eigenvalue weighted by molar-refractivity contribution is 7.07. The largest absolute Gasteiger partial charge is 0.497 e. The molecule has 0 amide bonds. The number of hydrogen-bond donors (Lipinski definition) is 0. The molecule has 146 valence electrons. The van der Waals surface area contributed by atoms with Gasteiger partial charge in [-0.05, 0) is 37.1 Å². The Morgan fingerprint density at radius 1 is 1.11 bits per heavy atom. The first-order valence-corrected chi connectivity index (χ1v) is 10.6. The van der Waals surface area contributed by atoms with Crippen molar-refractivity contribution < 1.29 is 9.47 Å². The van der Waals surface area contributed by atoms with Crippen molar-refractivity contribution in [1.82, 2.24) is 9.55 Å². The second-order valence-corrected chi connectivity index (χ2v) is 7.79. The fourth-order valence-corrected chi connectivity index (χ4v) is 4.81. The molecule has 0 saturated heterocycles. The van der Waals surface area contributed by atoms with E-state index in [1.807, 2.05) is 24.3 Å². The first-order chi connectivity index (χ1) is 13.8. The maximum absolute atomic E-state index is 5.68. The third-order valence-corrected chi connectivity index (χ3v) is 6.08. The van der Waals surface area contributed by atoms with Crippen LogP contribution < -0.4 is 14.3 Å². The van der Waals surface area contributed by atoms with Gasteiger partial charge in [-0.3, -0.25) is 4.98 Å². The summed E-state index contributed by atoms with van der Waals surface area (Å²) in [4.78, 5) is 10.1. The number of nitrogens with zero attached hydrogens (tertiary/aromatic N) is 3. The van der Waals surface area contributed by atoms with Crippen LogP contribution in [0, 0.1) is 0 Å². The topological polar surface area (TPSA) is 48.6 Å². The maximum atomic E-state index is 5.68. The molecule has 5 nitrogen and oxygen atoms in total. The van der Waals surface area contributed by atoms with Crippen molar-refractivity contribution in [2.24, 2.45) is 4.99 Å². The average Bonchev–Trinajstić information content (AvgIpc) is 3.17. The average molecular weight is 396 g/mol. The summed E-state index contributed by atoms with van der Waals surface area (Å²) >= 11 is 1.67. The van der Waals surface area contributed by atoms with Crippen molar-refractivity contribution in [1.29, 1.82) is 0 Å². The molecule has 1 aliphatic carbocycles. The lowest BCUT2D eigenvalue weighted by molar-refractivity contribution is 0.350. The van der Waals surface area contributed by atoms with Crippen molar-refractivity contribution in [3.05, 3.63) is 52.9 Å². The van der Waals surface area contributed by atoms with Crippen LogP contribution >= 0.6 is 11.3 Å². The zero-order valence-electron chi connectivity index (χ0n) is 16.3. The van der Waals surface area contributed by atoms with E-state index >= 15 is 0 Å². The van der Waals surface area contributed by atoms with Gasteiger partial charge in [0.05, 0.1) is 31.8 Å². The van der Waals surface area contributed by atoms with Crippen LogP contribution in [0.3, 0.4) is 0 Å². The second-order valence-electron chi connectivity index (χ2n) is 6.95. The third kappa shape index (κ3) is 3.83. The fourth-order valence-electron chi connectivity index (χ4n) is 3.83. The molecule has 0 spiro atoms. The Kier molecular flexibility index (Phi) is 5.76. The number of hydrogen-bond acceptors (Lipinski definition) is 5. The van der Waals surface area contributed by atoms with E-state index < -0.39 is 0 Å². The molecule has 0 aliphatic heterocycles. The van der Waals surface area contributed by atoms with E-state index in [4.69, 9.17) is 14.5 Å². The zero-order chi connectivity index (χ0) is 19.3. The Hall–Kier alpha value is -2.60. The highest BCUT2D eigenvalue weighted by atomic mass is 32.1. The second kappa shape index (κ2) is 8.61. The Balaban J connectivity index is 1.87. The lowest BCUT2D eigenvalue weighted by Crippen LogP contribution is -2.23. The van der Waals surface area contributed by atoms with Crippen LogP contribution in [0.1, 0.15) is 38.1 Å². The first-order valence-electron chi connectivity index (χ1n) is 9.67. The molecule has 1 saturated carbocycles. The van der Waals surface area contributed by atoms with E-state index in [0.717, 1.165) is 33.2 Å². The third-order valence-electron chi connectivity index (χ3n) is 5.24. The molecule has 0 bridgehead atoms. The summed E-state index contributed by atoms with van der Waals surface area (Å²) in [5.74, 6) is 1.61. The Morgan fingerprint density at radius 2 is 1.96 bits per heavy atom. The number of aromatic nitrogens is 2. The molecular formula is C22H25N3O2S. The molecule has 28 heavy (non-hydrogen) atoms. The molecule has 1 fully saturated rings. The van der Waals surface area contributed by atoms with Gasteiger partial charge >= 0.3 is 0 Å². The molecular weight excluding hydrogens is 370 g/mol. The number of thiazole rings is 1. The van der Waals surface area contributed by atoms with Crippen LogP contribution in [-0.4, -0.2) is 23.8 Å². The molecule has 3 aromatic rings. The fraction of sp³-hybridized carbons (Fsp3) is 0.364. The van der Waals surface area contributed by atoms with Crippen molar-refractivity contribution in [3.8, 4) is 22.8 Å². The van der Waals surface area contributed by atoms with E-state index in [1.165, 1.54) is 32.1 Å². The monoisotopic (exact) mass is 395 g/mol. The van der Waals surface area contributed by atoms with Crippen LogP contribution in [0.15, 0.2) is 53.1 Å². The van der Waals surface area contributed by atoms with Crippen LogP contribution in [0.4, 0.5) is 5.69 Å². The van der Waals surface area contributed by atoms with E-state index in [9.17, 15) is 0 Å². The summed E-state index contributed by atoms with van der Waals surface area (Å²) in [6.07, 6.45) is 9.79. The minimum Gasteiger partial charge on any atom is -0.497 e. The molecule has 0 atom stereocenters. The van der Waals surface area contributed by atoms with E-state index in [0.29, 0.717) is 6.04 Å². The highest BCUT2D eigenvalue weighted by Crippen LogP contribution is 2.37. The van der Waals surface area contributed by atoms with Crippen LogP contribution in [0.5, 0.6) is 11.5 Å². The minimum absolute atomic E-state index is 0.456. The van der Waals surface area contributed by atoms with Crippen molar-refractivity contribution in [3.63, 3.8) is 0 Å². The summed E-state index contributed by atoms with van der Waals surface area (Å²) in [5, 5.41) is 2.19. The predicted molar refractivity (Wildman–Crippen MR) is 112 cm³/mol. The number of methoxy groups -OCH3 is 2. The molecule has 0 unspecified atom stereocenters. The van der Waals surface area contributed by atoms with Crippen molar-refractivity contribution in [2.75, 3.05) is 14.2 Å². The standard InChI is InChI=1S/C22H25N3O2S/c1-26-18-10-11-19(21(13-18)27-2)20-15-28-22(24-16-7-6-12-23-14-16)25(20)17-8-4-3-5-9-17/h6-7,10-15,17H,3-5,8-9H2,1-2H3. The number of ether oxygens (including phenoxy) is 2. The van der Waals surface area contributed by atoms with Gasteiger partial charge < -0.3 is 14.0 Å². The summed E-state index contributed by atoms with van der Waals surface area (Å²) in [6, 6.07) is 10.4. The molecule has 6 heteroatoms. The number of pyridine rings is 1. The van der Waals surface area contributed by atoms with Crippen LogP contribution in [-0.2, 0) is 0 Å². The van der Waals surface area contributed by atoms with Crippen LogP contribution in [0.2, 0.25) is 0 Å². The van der Waals surface area contributed by atoms with Crippen molar-refractivity contribution in [2.45, 2.75) is 38.1 Å². The lowest BCUT2D eigenvalue weighted by atomic mass is 9.95. The molecule has 4 rings (SSSR count). The summed E-state index contributed by atoms with van der Waals surface area (Å²) in [5.41, 5.74) is 3.10. The summed E-state index contributed by atoms with van der Waals surface area (Å²) in [6.45, 7) is 0. The molecule has 2 heterocycles. The molecule has 0 N–H and O–H groups in total. The minimum atomic E-state index is 0.456. The van der Waals surface area contributed by atoms with E-state index in [1.54, 1.807) is 38.0 Å². The Bertz CT molecular complexity index is 989. The van der Waals surface area contributed by atoms with Gasteiger partial charge in [-0.2, -0.15) is 0 Å². The van der Waals surface area contributed by atoms with Gasteiger partial charge in [-0.15, -0.1) is 11.3 Å². The SMILES string of the molecule is COc1ccc(-c2csc(=Nc3cccnc3)n2C2CCCCC2)c(OC)c1. The number of rotatable bonds is 5. The van der Waals surface area contributed by atoms with Crippen molar-refractivity contribution >= 4 is 17.0 Å². The van der Waals surface area contributed by atoms with E-state index in [2.05, 4.69) is 21.0 Å². The zero-order valence-corrected chi connectivity index (χ0v) is 17.1. The number of benzene rings is 1. The summed E-state index contributed by atoms with van der Waals surface area (Å²) < 4.78 is 13.5. The lowest BCUT2D eigenvalue weighted by Gasteiger charge is -2.25. The van der Waals surface area contributed by atoms with Gasteiger partial charge in [0, 0.05) is 29.2 Å². The highest BCUT2D eigenvalue weighted by Gasteiger charge is 2.22. The first kappa shape index (κ1) is 18.7. The molecule has 2 aromatic heterocycles. The van der Waals surface area contributed by atoms with Gasteiger partial charge in [-0.1, -0.05) is 19.3 Å². The summed E-state index contributed by atoms with van der Waals surface area (Å²) in [7, 11) is 3.38. The van der Waals surface area contributed by atoms with Crippen LogP contribution in [0.25, 0.3) is 11.3 Å². The predicted octanol–water partition coefficient (Wildman–Crippen LogP) is 5.37. The molecule has 1 aromatic carbocycles. The van der Waals surface area contributed by atoms with Gasteiger partial charge in [0.15, 0.2) is 4.80 Å². The van der Waals surface area contributed by atoms with Gasteiger partial charge in [0.1, 0.15) is 11.5 Å². The quantitative estimate of drug-likeness (QED) is 0.584. The normalized spacial score (nSPS) is 15.6. The van der Waals surface area contributed by atoms with Gasteiger partial charge in [0.2, 0.25) is 0 Å². The van der Waals surface area contributed by atoms with Gasteiger partial charge in [-0.25, -0.2) is 4.99 Å². The smallest absolute Gasteiger partial charge is 0.190 e. The maximum Gasteiger partial charge on any atom is 0.190 e. The molecule has 0 radical (unpaired) electrons. The molecule has 1 aliphatic rings. The Morgan fingerprint density at radius 3 is 2.68 bits per heavy atom. The Labute approximate surface area is 169 Å².